The first-order chi connectivity index (χ1) is 16.7. The zero-order valence-electron chi connectivity index (χ0n) is 19.7. The fourth-order valence-corrected chi connectivity index (χ4v) is 6.48. The summed E-state index contributed by atoms with van der Waals surface area (Å²) >= 11 is 0. The lowest BCUT2D eigenvalue weighted by molar-refractivity contribution is -0.00770. The van der Waals surface area contributed by atoms with Crippen molar-refractivity contribution < 1.29 is 13.2 Å². The van der Waals surface area contributed by atoms with Gasteiger partial charge < -0.3 is 15.0 Å². The largest absolute Gasteiger partial charge is 0.378 e. The monoisotopic (exact) mass is 496 g/mol. The van der Waals surface area contributed by atoms with Crippen molar-refractivity contribution in [3.05, 3.63) is 46.9 Å². The molecule has 1 saturated carbocycles. The lowest BCUT2D eigenvalue weighted by Crippen LogP contribution is -2.55. The summed E-state index contributed by atoms with van der Waals surface area (Å²) in [7, 11) is -3.70. The van der Waals surface area contributed by atoms with Crippen molar-refractivity contribution in [2.45, 2.75) is 49.6 Å². The molecule has 2 aromatic heterocycles. The first kappa shape index (κ1) is 23.5. The summed E-state index contributed by atoms with van der Waals surface area (Å²) in [5.41, 5.74) is 0.347. The molecular formula is C24H28N6O4S. The van der Waals surface area contributed by atoms with Gasteiger partial charge in [0.1, 0.15) is 5.39 Å². The predicted molar refractivity (Wildman–Crippen MR) is 131 cm³/mol. The van der Waals surface area contributed by atoms with E-state index in [0.717, 1.165) is 12.8 Å². The molecule has 2 fully saturated rings. The highest BCUT2D eigenvalue weighted by molar-refractivity contribution is 7.89. The number of hydrogen-bond donors (Lipinski definition) is 2. The lowest BCUT2D eigenvalue weighted by Gasteiger charge is -2.40. The Morgan fingerprint density at radius 3 is 2.69 bits per heavy atom. The van der Waals surface area contributed by atoms with Gasteiger partial charge in [0.25, 0.3) is 5.56 Å². The third-order valence-corrected chi connectivity index (χ3v) is 8.81. The van der Waals surface area contributed by atoms with E-state index in [1.807, 2.05) is 13.8 Å². The molecule has 10 nitrogen and oxygen atoms in total. The van der Waals surface area contributed by atoms with Gasteiger partial charge in [-0.3, -0.25) is 9.48 Å². The first-order valence-corrected chi connectivity index (χ1v) is 13.1. The second kappa shape index (κ2) is 8.78. The molecule has 1 unspecified atom stereocenters. The van der Waals surface area contributed by atoms with Crippen LogP contribution in [0, 0.1) is 17.2 Å². The van der Waals surface area contributed by atoms with E-state index in [2.05, 4.69) is 21.5 Å². The SMILES string of the molecule is CC1(C)COCCN1S(=O)(=O)c1ccc(Nc2nn(C(CC#N)C3CC3)c3cc[nH]c(=O)c23)cc1. The fourth-order valence-electron chi connectivity index (χ4n) is 4.73. The molecule has 0 bridgehead atoms. The maximum Gasteiger partial charge on any atom is 0.261 e. The number of nitriles is 1. The number of fused-ring (bicyclic) bond motifs is 1. The number of ether oxygens (including phenoxy) is 1. The number of aromatic amines is 1. The third kappa shape index (κ3) is 4.33. The van der Waals surface area contributed by atoms with Crippen LogP contribution in [0.15, 0.2) is 46.2 Å². The second-order valence-electron chi connectivity index (χ2n) is 9.72. The molecule has 0 radical (unpaired) electrons. The number of nitrogens with one attached hydrogen (secondary N) is 2. The second-order valence-corrected chi connectivity index (χ2v) is 11.6. The van der Waals surface area contributed by atoms with Crippen molar-refractivity contribution >= 4 is 32.4 Å². The van der Waals surface area contributed by atoms with Gasteiger partial charge in [-0.1, -0.05) is 0 Å². The minimum atomic E-state index is -3.70. The summed E-state index contributed by atoms with van der Waals surface area (Å²) in [6.45, 7) is 4.69. The molecule has 5 rings (SSSR count). The molecule has 1 atom stereocenters. The Kier molecular flexibility index (Phi) is 5.91. The molecule has 1 saturated heterocycles. The van der Waals surface area contributed by atoms with Crippen LogP contribution in [0.4, 0.5) is 11.5 Å². The number of pyridine rings is 1. The zero-order valence-corrected chi connectivity index (χ0v) is 20.5. The van der Waals surface area contributed by atoms with Gasteiger partial charge in [0.15, 0.2) is 5.82 Å². The van der Waals surface area contributed by atoms with Crippen LogP contribution in [0.25, 0.3) is 10.9 Å². The van der Waals surface area contributed by atoms with Crippen LogP contribution in [-0.2, 0) is 14.8 Å². The van der Waals surface area contributed by atoms with Crippen LogP contribution in [0.2, 0.25) is 0 Å². The van der Waals surface area contributed by atoms with E-state index in [1.54, 1.807) is 41.2 Å². The number of benzene rings is 1. The highest BCUT2D eigenvalue weighted by Crippen LogP contribution is 2.43. The quantitative estimate of drug-likeness (QED) is 0.513. The Hall–Kier alpha value is -3.20. The van der Waals surface area contributed by atoms with Gasteiger partial charge in [-0.2, -0.15) is 14.7 Å². The Morgan fingerprint density at radius 2 is 2.03 bits per heavy atom. The van der Waals surface area contributed by atoms with E-state index >= 15 is 0 Å². The number of hydrogen-bond acceptors (Lipinski definition) is 7. The molecular weight excluding hydrogens is 468 g/mol. The number of H-pyrrole nitrogens is 1. The van der Waals surface area contributed by atoms with E-state index in [-0.39, 0.29) is 16.5 Å². The van der Waals surface area contributed by atoms with Gasteiger partial charge in [0, 0.05) is 18.4 Å². The molecule has 2 N–H and O–H groups in total. The Bertz CT molecular complexity index is 1450. The standard InChI is InChI=1S/C24H28N6O4S/c1-24(2)15-34-14-13-29(24)35(32,33)18-7-5-17(6-8-18)27-22-21-20(10-12-26-23(21)31)30(28-22)19(9-11-25)16-3-4-16/h5-8,10,12,16,19H,3-4,9,13-15H2,1-2H3,(H,26,31)(H,27,28). The topological polar surface area (TPSA) is 133 Å². The van der Waals surface area contributed by atoms with Crippen LogP contribution in [0.5, 0.6) is 0 Å². The summed E-state index contributed by atoms with van der Waals surface area (Å²) in [5, 5.41) is 17.6. The molecule has 3 aromatic rings. The summed E-state index contributed by atoms with van der Waals surface area (Å²) < 4.78 is 35.3. The average molecular weight is 497 g/mol. The van der Waals surface area contributed by atoms with E-state index in [9.17, 15) is 18.5 Å². The molecule has 3 heterocycles. The van der Waals surface area contributed by atoms with Gasteiger partial charge in [-0.05, 0) is 62.9 Å². The third-order valence-electron chi connectivity index (χ3n) is 6.69. The first-order valence-electron chi connectivity index (χ1n) is 11.7. The number of rotatable bonds is 7. The van der Waals surface area contributed by atoms with Crippen molar-refractivity contribution in [1.82, 2.24) is 19.1 Å². The number of nitrogens with zero attached hydrogens (tertiary/aromatic N) is 4. The van der Waals surface area contributed by atoms with Crippen molar-refractivity contribution in [2.24, 2.45) is 5.92 Å². The average Bonchev–Trinajstić information content (AvgIpc) is 3.59. The van der Waals surface area contributed by atoms with E-state index < -0.39 is 15.6 Å². The molecule has 11 heteroatoms. The van der Waals surface area contributed by atoms with Crippen molar-refractivity contribution in [2.75, 3.05) is 25.1 Å². The van der Waals surface area contributed by atoms with E-state index in [4.69, 9.17) is 4.74 Å². The van der Waals surface area contributed by atoms with Gasteiger partial charge in [-0.15, -0.1) is 0 Å². The highest BCUT2D eigenvalue weighted by Gasteiger charge is 2.39. The summed E-state index contributed by atoms with van der Waals surface area (Å²) in [5.74, 6) is 0.745. The number of morpholine rings is 1. The number of aromatic nitrogens is 3. The minimum Gasteiger partial charge on any atom is -0.378 e. The van der Waals surface area contributed by atoms with Gasteiger partial charge in [0.2, 0.25) is 10.0 Å². The molecule has 35 heavy (non-hydrogen) atoms. The minimum absolute atomic E-state index is 0.0933. The van der Waals surface area contributed by atoms with Gasteiger partial charge in [-0.25, -0.2) is 8.42 Å². The summed E-state index contributed by atoms with van der Waals surface area (Å²) in [6, 6.07) is 10.4. The predicted octanol–water partition coefficient (Wildman–Crippen LogP) is 3.13. The van der Waals surface area contributed by atoms with Crippen LogP contribution in [0.1, 0.15) is 39.2 Å². The van der Waals surface area contributed by atoms with Crippen molar-refractivity contribution in [3.8, 4) is 6.07 Å². The van der Waals surface area contributed by atoms with Crippen molar-refractivity contribution in [3.63, 3.8) is 0 Å². The zero-order chi connectivity index (χ0) is 24.8. The van der Waals surface area contributed by atoms with Crippen LogP contribution >= 0.6 is 0 Å². The Morgan fingerprint density at radius 1 is 1.29 bits per heavy atom. The Balaban J connectivity index is 1.46. The molecule has 0 amide bonds. The highest BCUT2D eigenvalue weighted by atomic mass is 32.2. The van der Waals surface area contributed by atoms with E-state index in [1.165, 1.54) is 4.31 Å². The number of anilines is 2. The Labute approximate surface area is 203 Å². The maximum atomic E-state index is 13.3. The van der Waals surface area contributed by atoms with Gasteiger partial charge >= 0.3 is 0 Å². The molecule has 184 valence electrons. The molecule has 1 aliphatic heterocycles. The fraction of sp³-hybridized carbons (Fsp3) is 0.458. The maximum absolute atomic E-state index is 13.3. The summed E-state index contributed by atoms with van der Waals surface area (Å²) in [4.78, 5) is 15.6. The molecule has 2 aliphatic rings. The van der Waals surface area contributed by atoms with Crippen LogP contribution in [-0.4, -0.2) is 52.8 Å². The van der Waals surface area contributed by atoms with Crippen LogP contribution < -0.4 is 10.9 Å². The van der Waals surface area contributed by atoms with E-state index in [0.29, 0.717) is 54.5 Å². The van der Waals surface area contributed by atoms with Crippen molar-refractivity contribution in [1.29, 1.82) is 5.26 Å². The normalized spacial score (nSPS) is 19.3. The number of sulfonamides is 1. The molecule has 0 spiro atoms. The smallest absolute Gasteiger partial charge is 0.261 e. The lowest BCUT2D eigenvalue weighted by atomic mass is 10.1. The summed E-state index contributed by atoms with van der Waals surface area (Å²) in [6.07, 6.45) is 3.97. The molecule has 1 aromatic carbocycles. The molecule has 1 aliphatic carbocycles. The van der Waals surface area contributed by atoms with Crippen LogP contribution in [0.3, 0.4) is 0 Å². The van der Waals surface area contributed by atoms with Gasteiger partial charge in [0.05, 0.1) is 47.7 Å².